The molecule has 5 N–H and O–H groups in total. The highest BCUT2D eigenvalue weighted by molar-refractivity contribution is 9.10. The lowest BCUT2D eigenvalue weighted by atomic mass is 10.1. The van der Waals surface area contributed by atoms with Crippen molar-refractivity contribution in [1.82, 2.24) is 19.5 Å². The number of imidazole rings is 1. The van der Waals surface area contributed by atoms with E-state index in [1.807, 2.05) is 0 Å². The SMILES string of the molecule is Nc1ncnc2c1ncn2[C@@H]1O[C@H](CSc2ccc(Br)c(C(=O)O)c2)[C@@H](O)[C@H]1O. The Hall–Kier alpha value is -2.25. The largest absolute Gasteiger partial charge is 0.478 e. The number of carbonyl (C=O) groups is 1. The topological polar surface area (TPSA) is 157 Å². The van der Waals surface area contributed by atoms with Crippen LogP contribution < -0.4 is 5.73 Å². The first-order valence-corrected chi connectivity index (χ1v) is 10.2. The molecule has 1 saturated heterocycles. The van der Waals surface area contributed by atoms with Crippen molar-refractivity contribution >= 4 is 50.6 Å². The zero-order valence-corrected chi connectivity index (χ0v) is 17.1. The van der Waals surface area contributed by atoms with Crippen molar-refractivity contribution in [3.05, 3.63) is 40.9 Å². The number of hydrogen-bond donors (Lipinski definition) is 4. The molecule has 0 aliphatic carbocycles. The third-order valence-corrected chi connectivity index (χ3v) is 6.35. The van der Waals surface area contributed by atoms with Gasteiger partial charge in [-0.05, 0) is 34.1 Å². The highest BCUT2D eigenvalue weighted by atomic mass is 79.9. The van der Waals surface area contributed by atoms with E-state index >= 15 is 0 Å². The van der Waals surface area contributed by atoms with Gasteiger partial charge in [0.1, 0.15) is 24.1 Å². The smallest absolute Gasteiger partial charge is 0.336 e. The van der Waals surface area contributed by atoms with Crippen LogP contribution in [0.2, 0.25) is 0 Å². The normalized spacial score (nSPS) is 24.2. The van der Waals surface area contributed by atoms with Gasteiger partial charge < -0.3 is 25.8 Å². The van der Waals surface area contributed by atoms with E-state index in [-0.39, 0.29) is 11.4 Å². The second kappa shape index (κ2) is 7.88. The van der Waals surface area contributed by atoms with Crippen molar-refractivity contribution in [2.24, 2.45) is 0 Å². The molecule has 4 atom stereocenters. The Morgan fingerprint density at radius 1 is 1.28 bits per heavy atom. The van der Waals surface area contributed by atoms with E-state index in [1.54, 1.807) is 12.1 Å². The fourth-order valence-electron chi connectivity index (χ4n) is 3.09. The zero-order valence-electron chi connectivity index (χ0n) is 14.7. The quantitative estimate of drug-likeness (QED) is 0.391. The molecule has 1 aliphatic rings. The molecule has 0 unspecified atom stereocenters. The molecule has 3 aromatic rings. The predicted octanol–water partition coefficient (Wildman–Crippen LogP) is 1.28. The maximum absolute atomic E-state index is 11.3. The lowest BCUT2D eigenvalue weighted by molar-refractivity contribution is -0.0289. The molecule has 1 fully saturated rings. The molecule has 0 radical (unpaired) electrons. The summed E-state index contributed by atoms with van der Waals surface area (Å²) in [4.78, 5) is 24.1. The first-order chi connectivity index (χ1) is 13.9. The van der Waals surface area contributed by atoms with Crippen molar-refractivity contribution in [3.8, 4) is 0 Å². The molecule has 10 nitrogen and oxygen atoms in total. The number of benzene rings is 1. The van der Waals surface area contributed by atoms with E-state index in [0.29, 0.717) is 26.3 Å². The molecule has 0 saturated carbocycles. The van der Waals surface area contributed by atoms with E-state index in [1.165, 1.54) is 35.0 Å². The number of carboxylic acids is 1. The Balaban J connectivity index is 1.51. The first kappa shape index (κ1) is 20.0. The number of nitrogens with two attached hydrogens (primary N) is 1. The molecule has 152 valence electrons. The van der Waals surface area contributed by atoms with Gasteiger partial charge in [-0.25, -0.2) is 19.7 Å². The summed E-state index contributed by atoms with van der Waals surface area (Å²) in [6.07, 6.45) is -1.20. The Labute approximate surface area is 176 Å². The van der Waals surface area contributed by atoms with Crippen LogP contribution in [-0.4, -0.2) is 64.9 Å². The maximum Gasteiger partial charge on any atom is 0.336 e. The summed E-state index contributed by atoms with van der Waals surface area (Å²) >= 11 is 4.52. The number of nitrogens with zero attached hydrogens (tertiary/aromatic N) is 4. The molecule has 12 heteroatoms. The number of aliphatic hydroxyl groups excluding tert-OH is 2. The molecule has 0 spiro atoms. The molecular weight excluding hydrogens is 466 g/mol. The molecule has 3 heterocycles. The van der Waals surface area contributed by atoms with Crippen LogP contribution in [-0.2, 0) is 4.74 Å². The molecule has 1 aliphatic heterocycles. The van der Waals surface area contributed by atoms with Gasteiger partial charge in [0.2, 0.25) is 0 Å². The van der Waals surface area contributed by atoms with Gasteiger partial charge in [-0.3, -0.25) is 4.57 Å². The van der Waals surface area contributed by atoms with Gasteiger partial charge in [-0.1, -0.05) is 0 Å². The minimum absolute atomic E-state index is 0.142. The minimum atomic E-state index is -1.20. The fraction of sp³-hybridized carbons (Fsp3) is 0.294. The van der Waals surface area contributed by atoms with Gasteiger partial charge in [0.05, 0.1) is 18.0 Å². The van der Waals surface area contributed by atoms with E-state index in [2.05, 4.69) is 30.9 Å². The number of aliphatic hydroxyl groups is 2. The van der Waals surface area contributed by atoms with Crippen molar-refractivity contribution in [3.63, 3.8) is 0 Å². The minimum Gasteiger partial charge on any atom is -0.478 e. The number of fused-ring (bicyclic) bond motifs is 1. The van der Waals surface area contributed by atoms with Crippen LogP contribution in [0.5, 0.6) is 0 Å². The van der Waals surface area contributed by atoms with Crippen LogP contribution >= 0.6 is 27.7 Å². The summed E-state index contributed by atoms with van der Waals surface area (Å²) < 4.78 is 7.87. The third-order valence-electron chi connectivity index (χ3n) is 4.58. The molecule has 0 amide bonds. The highest BCUT2D eigenvalue weighted by Gasteiger charge is 2.44. The third kappa shape index (κ3) is 3.69. The van der Waals surface area contributed by atoms with Crippen LogP contribution in [0.3, 0.4) is 0 Å². The molecule has 1 aromatic carbocycles. The number of thioether (sulfide) groups is 1. The van der Waals surface area contributed by atoms with Crippen molar-refractivity contribution in [2.75, 3.05) is 11.5 Å². The molecule has 2 aromatic heterocycles. The number of carboxylic acid groups (broad SMARTS) is 1. The summed E-state index contributed by atoms with van der Waals surface area (Å²) in [7, 11) is 0. The first-order valence-electron chi connectivity index (χ1n) is 8.47. The summed E-state index contributed by atoms with van der Waals surface area (Å²) in [6, 6.07) is 4.95. The average molecular weight is 482 g/mol. The lowest BCUT2D eigenvalue weighted by Gasteiger charge is -2.16. The van der Waals surface area contributed by atoms with Crippen molar-refractivity contribution < 1.29 is 24.9 Å². The van der Waals surface area contributed by atoms with Gasteiger partial charge in [0.15, 0.2) is 17.7 Å². The number of aromatic carboxylic acids is 1. The van der Waals surface area contributed by atoms with Crippen LogP contribution in [0.4, 0.5) is 5.82 Å². The van der Waals surface area contributed by atoms with Gasteiger partial charge in [0.25, 0.3) is 0 Å². The lowest BCUT2D eigenvalue weighted by Crippen LogP contribution is -2.32. The zero-order chi connectivity index (χ0) is 20.7. The summed E-state index contributed by atoms with van der Waals surface area (Å²) in [6.45, 7) is 0. The standard InChI is InChI=1S/C17H16BrN5O5S/c18-9-2-1-7(3-8(9)17(26)27)29-4-10-12(24)13(25)16(28-10)23-6-22-11-14(19)20-5-21-15(11)23/h1-3,5-6,10,12-13,16,24-25H,4H2,(H,26,27)(H2,19,20,21)/t10-,12-,13-,16-/m1/s1. The van der Waals surface area contributed by atoms with Gasteiger partial charge in [0, 0.05) is 15.1 Å². The summed E-state index contributed by atoms with van der Waals surface area (Å²) in [5.74, 6) is -0.530. The molecule has 29 heavy (non-hydrogen) atoms. The van der Waals surface area contributed by atoms with Crippen molar-refractivity contribution in [2.45, 2.75) is 29.4 Å². The second-order valence-electron chi connectivity index (χ2n) is 6.39. The molecule has 4 rings (SSSR count). The Morgan fingerprint density at radius 3 is 2.83 bits per heavy atom. The van der Waals surface area contributed by atoms with Crippen LogP contribution in [0.15, 0.2) is 40.2 Å². The van der Waals surface area contributed by atoms with E-state index < -0.39 is 30.5 Å². The van der Waals surface area contributed by atoms with Gasteiger partial charge in [-0.15, -0.1) is 11.8 Å². The predicted molar refractivity (Wildman–Crippen MR) is 107 cm³/mol. The Morgan fingerprint density at radius 2 is 2.07 bits per heavy atom. The number of rotatable bonds is 5. The number of aromatic nitrogens is 4. The maximum atomic E-state index is 11.3. The van der Waals surface area contributed by atoms with E-state index in [0.717, 1.165) is 0 Å². The van der Waals surface area contributed by atoms with Crippen LogP contribution in [0.1, 0.15) is 16.6 Å². The highest BCUT2D eigenvalue weighted by Crippen LogP contribution is 2.35. The van der Waals surface area contributed by atoms with Crippen LogP contribution in [0.25, 0.3) is 11.2 Å². The van der Waals surface area contributed by atoms with E-state index in [4.69, 9.17) is 10.5 Å². The summed E-state index contributed by atoms with van der Waals surface area (Å²) in [5.41, 5.74) is 6.70. The average Bonchev–Trinajstić information content (AvgIpc) is 3.24. The van der Waals surface area contributed by atoms with Gasteiger partial charge in [-0.2, -0.15) is 0 Å². The number of halogens is 1. The van der Waals surface area contributed by atoms with Crippen LogP contribution in [0, 0.1) is 0 Å². The number of nitrogen functional groups attached to an aromatic ring is 1. The molecular formula is C17H16BrN5O5S. The Bertz CT molecular complexity index is 1080. The number of anilines is 1. The number of hydrogen-bond acceptors (Lipinski definition) is 9. The fourth-order valence-corrected chi connectivity index (χ4v) is 4.50. The number of ether oxygens (including phenoxy) is 1. The van der Waals surface area contributed by atoms with E-state index in [9.17, 15) is 20.1 Å². The molecule has 0 bridgehead atoms. The Kier molecular flexibility index (Phi) is 5.44. The summed E-state index contributed by atoms with van der Waals surface area (Å²) in [5, 5.41) is 30.2. The van der Waals surface area contributed by atoms with Crippen molar-refractivity contribution in [1.29, 1.82) is 0 Å². The second-order valence-corrected chi connectivity index (χ2v) is 8.33. The van der Waals surface area contributed by atoms with Gasteiger partial charge >= 0.3 is 5.97 Å². The monoisotopic (exact) mass is 481 g/mol.